The number of hydrogen-bond acceptors (Lipinski definition) is 2. The summed E-state index contributed by atoms with van der Waals surface area (Å²) in [7, 11) is 2.12. The van der Waals surface area contributed by atoms with E-state index in [9.17, 15) is 0 Å². The minimum absolute atomic E-state index is 0.696. The van der Waals surface area contributed by atoms with E-state index in [0.717, 1.165) is 17.3 Å². The summed E-state index contributed by atoms with van der Waals surface area (Å²) in [5, 5.41) is 5.18. The largest absolute Gasteiger partial charge is 0.315 e. The van der Waals surface area contributed by atoms with Crippen LogP contribution in [0.1, 0.15) is 5.56 Å². The van der Waals surface area contributed by atoms with Gasteiger partial charge in [-0.15, -0.1) is 0 Å². The van der Waals surface area contributed by atoms with Crippen molar-refractivity contribution in [2.24, 2.45) is 0 Å². The third-order valence-corrected chi connectivity index (χ3v) is 4.22. The lowest BCUT2D eigenvalue weighted by molar-refractivity contribution is -0.917. The van der Waals surface area contributed by atoms with Gasteiger partial charge in [0.05, 0.1) is 7.05 Å². The van der Waals surface area contributed by atoms with Gasteiger partial charge in [-0.1, -0.05) is 41.9 Å². The SMILES string of the molecule is C[NH+](Cc1cccc(Cl)c1)Cn1ncn(-c2ccccc2)c1=S. The summed E-state index contributed by atoms with van der Waals surface area (Å²) in [5.74, 6) is 0. The number of rotatable bonds is 5. The Kier molecular flexibility index (Phi) is 4.91. The molecule has 4 nitrogen and oxygen atoms in total. The number of benzene rings is 2. The lowest BCUT2D eigenvalue weighted by atomic mass is 10.2. The normalized spacial score (nSPS) is 12.3. The summed E-state index contributed by atoms with van der Waals surface area (Å²) in [4.78, 5) is 1.28. The van der Waals surface area contributed by atoms with Crippen molar-refractivity contribution in [1.82, 2.24) is 14.3 Å². The minimum atomic E-state index is 0.696. The van der Waals surface area contributed by atoms with Gasteiger partial charge in [0.1, 0.15) is 12.9 Å². The highest BCUT2D eigenvalue weighted by atomic mass is 35.5. The molecule has 0 aliphatic heterocycles. The summed E-state index contributed by atoms with van der Waals surface area (Å²) in [5.41, 5.74) is 2.22. The lowest BCUT2D eigenvalue weighted by Crippen LogP contribution is -3.07. The van der Waals surface area contributed by atoms with E-state index in [4.69, 9.17) is 23.8 Å². The molecule has 1 aromatic heterocycles. The van der Waals surface area contributed by atoms with Crippen molar-refractivity contribution in [3.8, 4) is 5.69 Å². The van der Waals surface area contributed by atoms with Crippen LogP contribution >= 0.6 is 23.8 Å². The Bertz CT molecular complexity index is 841. The zero-order valence-electron chi connectivity index (χ0n) is 12.8. The van der Waals surface area contributed by atoms with Crippen LogP contribution in [0.2, 0.25) is 5.02 Å². The van der Waals surface area contributed by atoms with Gasteiger partial charge in [-0.3, -0.25) is 4.57 Å². The number of aromatic nitrogens is 3. The van der Waals surface area contributed by atoms with E-state index in [0.29, 0.717) is 11.4 Å². The molecular weight excluding hydrogens is 328 g/mol. The third kappa shape index (κ3) is 3.88. The third-order valence-electron chi connectivity index (χ3n) is 3.58. The van der Waals surface area contributed by atoms with Crippen LogP contribution in [0.5, 0.6) is 0 Å². The standard InChI is InChI=1S/C17H17ClN4S/c1-20(11-14-6-5-7-15(18)10-14)13-22-17(23)21(12-19-22)16-8-3-2-4-9-16/h2-10,12H,11,13H2,1H3/p+1. The summed E-state index contributed by atoms with van der Waals surface area (Å²) in [6, 6.07) is 17.9. The molecule has 2 aromatic carbocycles. The Morgan fingerprint density at radius 3 is 2.65 bits per heavy atom. The molecule has 118 valence electrons. The molecule has 0 saturated carbocycles. The highest BCUT2D eigenvalue weighted by Gasteiger charge is 2.09. The van der Waals surface area contributed by atoms with Crippen molar-refractivity contribution in [3.05, 3.63) is 76.3 Å². The van der Waals surface area contributed by atoms with Gasteiger partial charge in [-0.25, -0.2) is 0 Å². The van der Waals surface area contributed by atoms with Crippen LogP contribution < -0.4 is 4.90 Å². The van der Waals surface area contributed by atoms with Gasteiger partial charge >= 0.3 is 0 Å². The van der Waals surface area contributed by atoms with Gasteiger partial charge in [-0.05, 0) is 36.5 Å². The minimum Gasteiger partial charge on any atom is -0.315 e. The second-order valence-corrected chi connectivity index (χ2v) is 6.34. The van der Waals surface area contributed by atoms with Crippen molar-refractivity contribution >= 4 is 23.8 Å². The molecule has 0 aliphatic carbocycles. The number of quaternary nitrogens is 1. The quantitative estimate of drug-likeness (QED) is 0.720. The van der Waals surface area contributed by atoms with Gasteiger partial charge in [0.25, 0.3) is 0 Å². The zero-order valence-corrected chi connectivity index (χ0v) is 14.4. The van der Waals surface area contributed by atoms with Crippen LogP contribution in [0.4, 0.5) is 0 Å². The van der Waals surface area contributed by atoms with Crippen LogP contribution in [0.3, 0.4) is 0 Å². The molecule has 0 amide bonds. The number of hydrogen-bond donors (Lipinski definition) is 1. The average Bonchev–Trinajstić information content (AvgIpc) is 2.89. The van der Waals surface area contributed by atoms with Crippen LogP contribution in [0, 0.1) is 4.77 Å². The van der Waals surface area contributed by atoms with Crippen molar-refractivity contribution in [2.75, 3.05) is 7.05 Å². The molecule has 0 fully saturated rings. The predicted molar refractivity (Wildman–Crippen MR) is 94.4 cm³/mol. The number of nitrogens with one attached hydrogen (secondary N) is 1. The van der Waals surface area contributed by atoms with E-state index in [2.05, 4.69) is 18.2 Å². The molecule has 3 rings (SSSR count). The molecule has 0 radical (unpaired) electrons. The Hall–Kier alpha value is -1.95. The Morgan fingerprint density at radius 1 is 1.13 bits per heavy atom. The van der Waals surface area contributed by atoms with Gasteiger partial charge in [0, 0.05) is 16.3 Å². The fourth-order valence-corrected chi connectivity index (χ4v) is 3.00. The molecule has 1 atom stereocenters. The first-order chi connectivity index (χ1) is 11.1. The van der Waals surface area contributed by atoms with Crippen molar-refractivity contribution in [3.63, 3.8) is 0 Å². The van der Waals surface area contributed by atoms with E-state index in [1.807, 2.05) is 57.8 Å². The van der Waals surface area contributed by atoms with Crippen LogP contribution in [0.25, 0.3) is 5.69 Å². The van der Waals surface area contributed by atoms with Crippen molar-refractivity contribution < 1.29 is 4.90 Å². The maximum Gasteiger partial charge on any atom is 0.207 e. The maximum absolute atomic E-state index is 6.04. The summed E-state index contributed by atoms with van der Waals surface area (Å²) < 4.78 is 4.46. The Balaban J connectivity index is 1.73. The molecule has 23 heavy (non-hydrogen) atoms. The molecule has 1 unspecified atom stereocenters. The molecule has 1 N–H and O–H groups in total. The summed E-state index contributed by atoms with van der Waals surface area (Å²) >= 11 is 11.6. The first-order valence-electron chi connectivity index (χ1n) is 7.39. The van der Waals surface area contributed by atoms with Gasteiger partial charge in [0.2, 0.25) is 4.77 Å². The van der Waals surface area contributed by atoms with E-state index in [1.54, 1.807) is 6.33 Å². The van der Waals surface area contributed by atoms with Crippen molar-refractivity contribution in [2.45, 2.75) is 13.2 Å². The number of nitrogens with zero attached hydrogens (tertiary/aromatic N) is 3. The predicted octanol–water partition coefficient (Wildman–Crippen LogP) is 2.73. The smallest absolute Gasteiger partial charge is 0.207 e. The monoisotopic (exact) mass is 345 g/mol. The highest BCUT2D eigenvalue weighted by molar-refractivity contribution is 7.71. The highest BCUT2D eigenvalue weighted by Crippen LogP contribution is 2.10. The summed E-state index contributed by atoms with van der Waals surface area (Å²) in [6.07, 6.45) is 1.77. The maximum atomic E-state index is 6.04. The summed E-state index contributed by atoms with van der Waals surface area (Å²) in [6.45, 7) is 1.56. The molecule has 6 heteroatoms. The Labute approximate surface area is 145 Å². The van der Waals surface area contributed by atoms with Crippen LogP contribution in [-0.4, -0.2) is 21.4 Å². The molecule has 0 spiro atoms. The molecule has 1 heterocycles. The average molecular weight is 346 g/mol. The number of halogens is 1. The lowest BCUT2D eigenvalue weighted by Gasteiger charge is -2.14. The van der Waals surface area contributed by atoms with E-state index in [-0.39, 0.29) is 0 Å². The van der Waals surface area contributed by atoms with Gasteiger partial charge in [0.15, 0.2) is 6.67 Å². The molecule has 0 bridgehead atoms. The first kappa shape index (κ1) is 15.9. The van der Waals surface area contributed by atoms with E-state index >= 15 is 0 Å². The Morgan fingerprint density at radius 2 is 1.91 bits per heavy atom. The van der Waals surface area contributed by atoms with Crippen molar-refractivity contribution in [1.29, 1.82) is 0 Å². The molecule has 3 aromatic rings. The fourth-order valence-electron chi connectivity index (χ4n) is 2.52. The van der Waals surface area contributed by atoms with Gasteiger partial charge < -0.3 is 4.90 Å². The zero-order chi connectivity index (χ0) is 16.2. The topological polar surface area (TPSA) is 27.2 Å². The van der Waals surface area contributed by atoms with Crippen LogP contribution in [0.15, 0.2) is 60.9 Å². The first-order valence-corrected chi connectivity index (χ1v) is 8.18. The van der Waals surface area contributed by atoms with Crippen LogP contribution in [-0.2, 0) is 13.2 Å². The fraction of sp³-hybridized carbons (Fsp3) is 0.176. The molecule has 0 aliphatic rings. The van der Waals surface area contributed by atoms with Gasteiger partial charge in [-0.2, -0.15) is 9.78 Å². The van der Waals surface area contributed by atoms with E-state index < -0.39 is 0 Å². The number of para-hydroxylation sites is 1. The second kappa shape index (κ2) is 7.08. The molecule has 0 saturated heterocycles. The second-order valence-electron chi connectivity index (χ2n) is 5.54. The van der Waals surface area contributed by atoms with E-state index in [1.165, 1.54) is 10.5 Å². The molecular formula is C17H18ClN4S+.